The fourth-order valence-electron chi connectivity index (χ4n) is 4.10. The smallest absolute Gasteiger partial charge is 0.259 e. The molecule has 1 aliphatic heterocycles. The molecule has 0 atom stereocenters. The highest BCUT2D eigenvalue weighted by Gasteiger charge is 2.27. The first kappa shape index (κ1) is 18.4. The van der Waals surface area contributed by atoms with Crippen LogP contribution in [0.3, 0.4) is 0 Å². The molecule has 0 saturated heterocycles. The minimum Gasteiger partial charge on any atom is -0.495 e. The zero-order valence-electron chi connectivity index (χ0n) is 16.8. The molecular formula is C24H22N4O2. The number of para-hydroxylation sites is 1. The highest BCUT2D eigenvalue weighted by Crippen LogP contribution is 2.37. The van der Waals surface area contributed by atoms with Crippen molar-refractivity contribution in [1.29, 1.82) is 0 Å². The Kier molecular flexibility index (Phi) is 4.67. The van der Waals surface area contributed by atoms with E-state index >= 15 is 0 Å². The zero-order valence-corrected chi connectivity index (χ0v) is 16.8. The molecule has 150 valence electrons. The Hall–Kier alpha value is -3.67. The summed E-state index contributed by atoms with van der Waals surface area (Å²) in [6, 6.07) is 18.0. The molecule has 2 aromatic carbocycles. The number of amides is 1. The lowest BCUT2D eigenvalue weighted by atomic mass is 10.00. The lowest BCUT2D eigenvalue weighted by Gasteiger charge is -2.30. The van der Waals surface area contributed by atoms with Crippen LogP contribution in [0.4, 0.5) is 5.69 Å². The third-order valence-corrected chi connectivity index (χ3v) is 5.54. The van der Waals surface area contributed by atoms with Gasteiger partial charge in [0.05, 0.1) is 31.1 Å². The van der Waals surface area contributed by atoms with Crippen LogP contribution in [0.5, 0.6) is 5.75 Å². The minimum atomic E-state index is -0.0642. The number of hydrogen-bond acceptors (Lipinski definition) is 4. The van der Waals surface area contributed by atoms with Gasteiger partial charge in [0.25, 0.3) is 5.91 Å². The van der Waals surface area contributed by atoms with Crippen LogP contribution in [0, 0.1) is 0 Å². The summed E-state index contributed by atoms with van der Waals surface area (Å²) in [6.07, 6.45) is 5.29. The monoisotopic (exact) mass is 398 g/mol. The van der Waals surface area contributed by atoms with Crippen molar-refractivity contribution in [1.82, 2.24) is 14.8 Å². The molecule has 6 heteroatoms. The fraction of sp³-hybridized carbons (Fsp3) is 0.208. The van der Waals surface area contributed by atoms with Crippen molar-refractivity contribution >= 4 is 22.6 Å². The number of carbonyl (C=O) groups is 1. The molecule has 2 aromatic heterocycles. The molecule has 0 unspecified atom stereocenters. The van der Waals surface area contributed by atoms with Crippen molar-refractivity contribution in [2.24, 2.45) is 0 Å². The van der Waals surface area contributed by atoms with Crippen LogP contribution in [0.15, 0.2) is 67.0 Å². The number of benzene rings is 2. The van der Waals surface area contributed by atoms with Gasteiger partial charge in [-0.3, -0.25) is 4.79 Å². The largest absolute Gasteiger partial charge is 0.495 e. The normalized spacial score (nSPS) is 13.3. The minimum absolute atomic E-state index is 0.0642. The summed E-state index contributed by atoms with van der Waals surface area (Å²) in [6.45, 7) is 1.30. The van der Waals surface area contributed by atoms with Gasteiger partial charge < -0.3 is 9.64 Å². The molecule has 0 aliphatic carbocycles. The van der Waals surface area contributed by atoms with Gasteiger partial charge in [0.1, 0.15) is 5.75 Å². The number of ether oxygens (including phenoxy) is 1. The number of carbonyl (C=O) groups excluding carboxylic acids is 1. The second-order valence-corrected chi connectivity index (χ2v) is 7.45. The number of aromatic nitrogens is 3. The van der Waals surface area contributed by atoms with Crippen molar-refractivity contribution in [2.45, 2.75) is 19.4 Å². The Bertz CT molecular complexity index is 1200. The van der Waals surface area contributed by atoms with E-state index in [0.717, 1.165) is 46.4 Å². The molecule has 0 saturated carbocycles. The number of pyridine rings is 1. The second-order valence-electron chi connectivity index (χ2n) is 7.45. The quantitative estimate of drug-likeness (QED) is 0.520. The van der Waals surface area contributed by atoms with E-state index in [1.165, 1.54) is 0 Å². The zero-order chi connectivity index (χ0) is 20.5. The van der Waals surface area contributed by atoms with Crippen molar-refractivity contribution in [3.05, 3.63) is 83.7 Å². The van der Waals surface area contributed by atoms with Crippen LogP contribution in [-0.2, 0) is 13.0 Å². The third-order valence-electron chi connectivity index (χ3n) is 5.54. The third kappa shape index (κ3) is 3.20. The van der Waals surface area contributed by atoms with E-state index in [4.69, 9.17) is 4.74 Å². The molecule has 5 rings (SSSR count). The van der Waals surface area contributed by atoms with Crippen LogP contribution >= 0.6 is 0 Å². The van der Waals surface area contributed by atoms with Gasteiger partial charge in [-0.2, -0.15) is 5.10 Å². The molecule has 30 heavy (non-hydrogen) atoms. The van der Waals surface area contributed by atoms with E-state index in [0.29, 0.717) is 18.7 Å². The topological polar surface area (TPSA) is 60.2 Å². The van der Waals surface area contributed by atoms with Gasteiger partial charge in [-0.05, 0) is 36.1 Å². The SMILES string of the molecule is COc1cccc2c1N(C(=O)c1cnc3c(cnn3Cc3ccccc3)c1)CCC2. The molecule has 0 N–H and O–H groups in total. The van der Waals surface area contributed by atoms with E-state index in [-0.39, 0.29) is 5.91 Å². The molecule has 4 aromatic rings. The molecule has 6 nitrogen and oxygen atoms in total. The van der Waals surface area contributed by atoms with Crippen LogP contribution in [0.2, 0.25) is 0 Å². The highest BCUT2D eigenvalue weighted by atomic mass is 16.5. The first-order chi connectivity index (χ1) is 14.7. The molecule has 0 radical (unpaired) electrons. The standard InChI is InChI=1S/C24H22N4O2/c1-30-21-11-5-9-18-10-6-12-27(22(18)21)24(29)20-13-19-15-26-28(23(19)25-14-20)16-17-7-3-2-4-8-17/h2-5,7-9,11,13-15H,6,10,12,16H2,1H3. The lowest BCUT2D eigenvalue weighted by molar-refractivity contribution is 0.0984. The number of nitrogens with zero attached hydrogens (tertiary/aromatic N) is 4. The molecule has 3 heterocycles. The predicted octanol–water partition coefficient (Wildman–Crippen LogP) is 4.08. The summed E-state index contributed by atoms with van der Waals surface area (Å²) in [5.74, 6) is 0.663. The van der Waals surface area contributed by atoms with Crippen molar-refractivity contribution in [2.75, 3.05) is 18.6 Å². The Morgan fingerprint density at radius 1 is 1.10 bits per heavy atom. The van der Waals surface area contributed by atoms with Crippen molar-refractivity contribution in [3.63, 3.8) is 0 Å². The molecular weight excluding hydrogens is 376 g/mol. The van der Waals surface area contributed by atoms with Gasteiger partial charge >= 0.3 is 0 Å². The van der Waals surface area contributed by atoms with E-state index in [1.807, 2.05) is 46.0 Å². The first-order valence-corrected chi connectivity index (χ1v) is 10.1. The number of anilines is 1. The Labute approximate surface area is 174 Å². The van der Waals surface area contributed by atoms with E-state index in [9.17, 15) is 4.79 Å². The molecule has 1 aliphatic rings. The van der Waals surface area contributed by atoms with Crippen LogP contribution < -0.4 is 9.64 Å². The van der Waals surface area contributed by atoms with Gasteiger partial charge in [0.2, 0.25) is 0 Å². The van der Waals surface area contributed by atoms with Crippen molar-refractivity contribution < 1.29 is 9.53 Å². The maximum atomic E-state index is 13.4. The van der Waals surface area contributed by atoms with Crippen LogP contribution in [-0.4, -0.2) is 34.3 Å². The van der Waals surface area contributed by atoms with E-state index in [2.05, 4.69) is 28.3 Å². The van der Waals surface area contributed by atoms with E-state index in [1.54, 1.807) is 19.5 Å². The summed E-state index contributed by atoms with van der Waals surface area (Å²) in [7, 11) is 1.64. The van der Waals surface area contributed by atoms with Crippen LogP contribution in [0.25, 0.3) is 11.0 Å². The first-order valence-electron chi connectivity index (χ1n) is 10.1. The Morgan fingerprint density at radius 2 is 1.97 bits per heavy atom. The van der Waals surface area contributed by atoms with Gasteiger partial charge in [0, 0.05) is 18.1 Å². The Balaban J connectivity index is 1.47. The summed E-state index contributed by atoms with van der Waals surface area (Å²) in [4.78, 5) is 19.8. The average Bonchev–Trinajstić information content (AvgIpc) is 3.20. The number of aryl methyl sites for hydroxylation is 1. The van der Waals surface area contributed by atoms with Gasteiger partial charge in [0.15, 0.2) is 5.65 Å². The maximum Gasteiger partial charge on any atom is 0.259 e. The van der Waals surface area contributed by atoms with Gasteiger partial charge in [-0.15, -0.1) is 0 Å². The second kappa shape index (κ2) is 7.63. The molecule has 1 amide bonds. The van der Waals surface area contributed by atoms with Crippen molar-refractivity contribution in [3.8, 4) is 5.75 Å². The summed E-state index contributed by atoms with van der Waals surface area (Å²) < 4.78 is 7.40. The van der Waals surface area contributed by atoms with Gasteiger partial charge in [-0.1, -0.05) is 42.5 Å². The number of hydrogen-bond donors (Lipinski definition) is 0. The maximum absolute atomic E-state index is 13.4. The summed E-state index contributed by atoms with van der Waals surface area (Å²) in [5, 5.41) is 5.33. The predicted molar refractivity (Wildman–Crippen MR) is 116 cm³/mol. The fourth-order valence-corrected chi connectivity index (χ4v) is 4.10. The Morgan fingerprint density at radius 3 is 2.80 bits per heavy atom. The molecule has 0 fully saturated rings. The molecule has 0 bridgehead atoms. The molecule has 0 spiro atoms. The number of fused-ring (bicyclic) bond motifs is 2. The average molecular weight is 398 g/mol. The van der Waals surface area contributed by atoms with E-state index < -0.39 is 0 Å². The highest BCUT2D eigenvalue weighted by molar-refractivity contribution is 6.08. The summed E-state index contributed by atoms with van der Waals surface area (Å²) in [5.41, 5.74) is 4.49. The van der Waals surface area contributed by atoms with Crippen LogP contribution in [0.1, 0.15) is 27.9 Å². The summed E-state index contributed by atoms with van der Waals surface area (Å²) >= 11 is 0. The lowest BCUT2D eigenvalue weighted by Crippen LogP contribution is -2.35. The van der Waals surface area contributed by atoms with Gasteiger partial charge in [-0.25, -0.2) is 9.67 Å². The number of methoxy groups -OCH3 is 1. The number of rotatable bonds is 4.